The highest BCUT2D eigenvalue weighted by Crippen LogP contribution is 2.17. The van der Waals surface area contributed by atoms with Crippen molar-refractivity contribution in [2.45, 2.75) is 78.7 Å². The second-order valence-electron chi connectivity index (χ2n) is 5.71. The molecular weight excluding hydrogens is 232 g/mol. The maximum absolute atomic E-state index is 8.85. The number of unbranched alkanes of at least 4 members (excludes halogenated alkanes) is 3. The summed E-state index contributed by atoms with van der Waals surface area (Å²) >= 11 is 0. The van der Waals surface area contributed by atoms with Crippen LogP contribution in [0.1, 0.15) is 76.8 Å². The van der Waals surface area contributed by atoms with Gasteiger partial charge in [0, 0.05) is 0 Å². The van der Waals surface area contributed by atoms with Crippen molar-refractivity contribution in [3.63, 3.8) is 0 Å². The van der Waals surface area contributed by atoms with E-state index in [1.807, 2.05) is 6.92 Å². The number of benzene rings is 1. The van der Waals surface area contributed by atoms with E-state index in [1.54, 1.807) is 0 Å². The molecule has 0 bridgehead atoms. The molecule has 0 radical (unpaired) electrons. The summed E-state index contributed by atoms with van der Waals surface area (Å²) < 4.78 is 0. The van der Waals surface area contributed by atoms with Crippen molar-refractivity contribution in [3.05, 3.63) is 35.4 Å². The lowest BCUT2D eigenvalue weighted by Gasteiger charge is -2.07. The molecule has 0 amide bonds. The fraction of sp³-hybridized carbons (Fsp3) is 0.667. The Morgan fingerprint density at radius 3 is 2.05 bits per heavy atom. The van der Waals surface area contributed by atoms with Crippen LogP contribution in [-0.4, -0.2) is 11.2 Å². The van der Waals surface area contributed by atoms with Gasteiger partial charge in [0.15, 0.2) is 0 Å². The molecular formula is C18H32O. The maximum atomic E-state index is 8.85. The van der Waals surface area contributed by atoms with E-state index >= 15 is 0 Å². The summed E-state index contributed by atoms with van der Waals surface area (Å²) in [4.78, 5) is 0. The number of rotatable bonds is 6. The third-order valence-corrected chi connectivity index (χ3v) is 3.29. The Hall–Kier alpha value is -0.820. The number of hydrogen-bond donors (Lipinski definition) is 1. The van der Waals surface area contributed by atoms with Crippen molar-refractivity contribution in [2.75, 3.05) is 0 Å². The first-order valence-electron chi connectivity index (χ1n) is 7.72. The summed E-state index contributed by atoms with van der Waals surface area (Å²) in [5.74, 6) is 0.654. The molecule has 0 saturated carbocycles. The molecule has 0 aliphatic carbocycles. The van der Waals surface area contributed by atoms with Gasteiger partial charge >= 0.3 is 0 Å². The SMILES string of the molecule is CCCCCCC(C)O.Cc1ccccc1C(C)C. The molecule has 110 valence electrons. The van der Waals surface area contributed by atoms with Gasteiger partial charge in [0.1, 0.15) is 0 Å². The first-order valence-corrected chi connectivity index (χ1v) is 7.72. The molecule has 1 aromatic carbocycles. The smallest absolute Gasteiger partial charge is 0.0512 e. The number of aryl methyl sites for hydroxylation is 1. The second kappa shape index (κ2) is 11.0. The highest BCUT2D eigenvalue weighted by Gasteiger charge is 1.99. The molecule has 0 aliphatic heterocycles. The van der Waals surface area contributed by atoms with Crippen LogP contribution in [0.2, 0.25) is 0 Å². The molecule has 19 heavy (non-hydrogen) atoms. The quantitative estimate of drug-likeness (QED) is 0.677. The zero-order valence-electron chi connectivity index (χ0n) is 13.4. The van der Waals surface area contributed by atoms with Crippen molar-refractivity contribution in [1.82, 2.24) is 0 Å². The largest absolute Gasteiger partial charge is 0.393 e. The van der Waals surface area contributed by atoms with E-state index in [9.17, 15) is 0 Å². The third kappa shape index (κ3) is 9.72. The van der Waals surface area contributed by atoms with Crippen LogP contribution in [0, 0.1) is 6.92 Å². The fourth-order valence-corrected chi connectivity index (χ4v) is 2.10. The van der Waals surface area contributed by atoms with Crippen molar-refractivity contribution >= 4 is 0 Å². The normalized spacial score (nSPS) is 11.9. The van der Waals surface area contributed by atoms with Crippen LogP contribution in [0.15, 0.2) is 24.3 Å². The molecule has 1 N–H and O–H groups in total. The van der Waals surface area contributed by atoms with E-state index < -0.39 is 0 Å². The molecule has 0 heterocycles. The Kier molecular flexibility index (Phi) is 10.6. The van der Waals surface area contributed by atoms with Gasteiger partial charge in [0.05, 0.1) is 6.10 Å². The minimum absolute atomic E-state index is 0.0955. The van der Waals surface area contributed by atoms with Crippen LogP contribution in [-0.2, 0) is 0 Å². The van der Waals surface area contributed by atoms with Crippen LogP contribution in [0.3, 0.4) is 0 Å². The van der Waals surface area contributed by atoms with E-state index in [0.717, 1.165) is 6.42 Å². The van der Waals surface area contributed by atoms with Crippen molar-refractivity contribution in [1.29, 1.82) is 0 Å². The van der Waals surface area contributed by atoms with Gasteiger partial charge in [-0.2, -0.15) is 0 Å². The van der Waals surface area contributed by atoms with Gasteiger partial charge in [-0.15, -0.1) is 0 Å². The third-order valence-electron chi connectivity index (χ3n) is 3.29. The Labute approximate surface area is 120 Å². The molecule has 1 unspecified atom stereocenters. The highest BCUT2D eigenvalue weighted by atomic mass is 16.3. The average Bonchev–Trinajstić information content (AvgIpc) is 2.35. The Bertz CT molecular complexity index is 315. The molecule has 1 aromatic rings. The lowest BCUT2D eigenvalue weighted by atomic mass is 9.99. The van der Waals surface area contributed by atoms with Gasteiger partial charge in [0.2, 0.25) is 0 Å². The summed E-state index contributed by atoms with van der Waals surface area (Å²) in [5, 5.41) is 8.85. The lowest BCUT2D eigenvalue weighted by Crippen LogP contribution is -1.97. The van der Waals surface area contributed by atoms with Crippen LogP contribution < -0.4 is 0 Å². The summed E-state index contributed by atoms with van der Waals surface area (Å²) in [5.41, 5.74) is 2.86. The molecule has 0 aromatic heterocycles. The Balaban J connectivity index is 0.000000344. The maximum Gasteiger partial charge on any atom is 0.0512 e. The predicted molar refractivity (Wildman–Crippen MR) is 85.7 cm³/mol. The lowest BCUT2D eigenvalue weighted by molar-refractivity contribution is 0.180. The molecule has 1 atom stereocenters. The van der Waals surface area contributed by atoms with E-state index in [0.29, 0.717) is 5.92 Å². The summed E-state index contributed by atoms with van der Waals surface area (Å²) in [7, 11) is 0. The van der Waals surface area contributed by atoms with Crippen molar-refractivity contribution in [3.8, 4) is 0 Å². The summed E-state index contributed by atoms with van der Waals surface area (Å²) in [6, 6.07) is 8.54. The first kappa shape index (κ1) is 18.2. The first-order chi connectivity index (χ1) is 8.99. The van der Waals surface area contributed by atoms with E-state index in [2.05, 4.69) is 52.0 Å². The van der Waals surface area contributed by atoms with Crippen LogP contribution >= 0.6 is 0 Å². The summed E-state index contributed by atoms with van der Waals surface area (Å²) in [6.07, 6.45) is 5.93. The monoisotopic (exact) mass is 264 g/mol. The van der Waals surface area contributed by atoms with Crippen molar-refractivity contribution in [2.24, 2.45) is 0 Å². The van der Waals surface area contributed by atoms with Gasteiger partial charge in [0.25, 0.3) is 0 Å². The molecule has 1 rings (SSSR count). The second-order valence-corrected chi connectivity index (χ2v) is 5.71. The zero-order valence-corrected chi connectivity index (χ0v) is 13.4. The molecule has 0 aliphatic rings. The fourth-order valence-electron chi connectivity index (χ4n) is 2.10. The van der Waals surface area contributed by atoms with Gasteiger partial charge in [-0.3, -0.25) is 0 Å². The minimum atomic E-state index is -0.0955. The Morgan fingerprint density at radius 2 is 1.63 bits per heavy atom. The highest BCUT2D eigenvalue weighted by molar-refractivity contribution is 5.27. The molecule has 1 heteroatoms. The van der Waals surface area contributed by atoms with Gasteiger partial charge in [-0.05, 0) is 37.3 Å². The van der Waals surface area contributed by atoms with E-state index in [4.69, 9.17) is 5.11 Å². The van der Waals surface area contributed by atoms with Crippen molar-refractivity contribution < 1.29 is 5.11 Å². The summed E-state index contributed by atoms with van der Waals surface area (Å²) in [6.45, 7) is 10.7. The predicted octanol–water partition coefficient (Wildman–Crippen LogP) is 5.46. The standard InChI is InChI=1S/C10H14.C8H18O/c1-8(2)10-7-5-4-6-9(10)3;1-3-4-5-6-7-8(2)9/h4-8H,1-3H3;8-9H,3-7H2,1-2H3. The van der Waals surface area contributed by atoms with E-state index in [-0.39, 0.29) is 6.10 Å². The van der Waals surface area contributed by atoms with Gasteiger partial charge < -0.3 is 5.11 Å². The zero-order chi connectivity index (χ0) is 14.7. The van der Waals surface area contributed by atoms with Gasteiger partial charge in [-0.1, -0.05) is 70.7 Å². The van der Waals surface area contributed by atoms with Crippen LogP contribution in [0.4, 0.5) is 0 Å². The average molecular weight is 264 g/mol. The molecule has 1 nitrogen and oxygen atoms in total. The number of aliphatic hydroxyl groups excluding tert-OH is 1. The van der Waals surface area contributed by atoms with Gasteiger partial charge in [-0.25, -0.2) is 0 Å². The van der Waals surface area contributed by atoms with Crippen LogP contribution in [0.25, 0.3) is 0 Å². The topological polar surface area (TPSA) is 20.2 Å². The number of hydrogen-bond acceptors (Lipinski definition) is 1. The molecule has 0 fully saturated rings. The molecule has 0 spiro atoms. The number of aliphatic hydroxyl groups is 1. The molecule has 0 saturated heterocycles. The van der Waals surface area contributed by atoms with Crippen LogP contribution in [0.5, 0.6) is 0 Å². The van der Waals surface area contributed by atoms with E-state index in [1.165, 1.54) is 36.8 Å². The Morgan fingerprint density at radius 1 is 1.00 bits per heavy atom. The minimum Gasteiger partial charge on any atom is -0.393 e.